The van der Waals surface area contributed by atoms with Gasteiger partial charge in [0.15, 0.2) is 0 Å². The maximum absolute atomic E-state index is 11.4. The van der Waals surface area contributed by atoms with Gasteiger partial charge in [-0.05, 0) is 24.6 Å². The summed E-state index contributed by atoms with van der Waals surface area (Å²) in [6.45, 7) is 2.04. The Morgan fingerprint density at radius 1 is 1.27 bits per heavy atom. The fourth-order valence-corrected chi connectivity index (χ4v) is 1.00. The van der Waals surface area contributed by atoms with Gasteiger partial charge in [-0.1, -0.05) is 37.3 Å². The first-order chi connectivity index (χ1) is 7.34. The molecule has 0 radical (unpaired) electrons. The number of esters is 1. The van der Waals surface area contributed by atoms with Crippen LogP contribution in [0.3, 0.4) is 0 Å². The molecule has 2 nitrogen and oxygen atoms in total. The summed E-state index contributed by atoms with van der Waals surface area (Å²) in [4.78, 5) is 11.4. The molecule has 2 heteroatoms. The molecule has 1 rings (SSSR count). The van der Waals surface area contributed by atoms with E-state index in [0.29, 0.717) is 5.56 Å². The molecule has 0 fully saturated rings. The van der Waals surface area contributed by atoms with Gasteiger partial charge in [0.05, 0.1) is 11.8 Å². The Morgan fingerprint density at radius 2 is 2.00 bits per heavy atom. The zero-order valence-electron chi connectivity index (χ0n) is 8.72. The Bertz CT molecular complexity index is 350. The molecule has 0 heterocycles. The molecule has 0 saturated carbocycles. The molecule has 0 bridgehead atoms. The highest BCUT2D eigenvalue weighted by atomic mass is 16.5. The van der Waals surface area contributed by atoms with E-state index in [4.69, 9.17) is 4.74 Å². The van der Waals surface area contributed by atoms with Crippen molar-refractivity contribution in [1.82, 2.24) is 0 Å². The molecule has 0 aromatic heterocycles. The van der Waals surface area contributed by atoms with Crippen LogP contribution in [0, 0.1) is 0 Å². The first-order valence-electron chi connectivity index (χ1n) is 4.92. The molecule has 0 aliphatic rings. The standard InChI is InChI=1S/C13H14O2/c1-2-3-4-8-11-15-13(14)12-9-6-5-7-10-12/h3-11H,2H2,1H3/b4-3+,11-8+. The van der Waals surface area contributed by atoms with Crippen LogP contribution in [0.15, 0.2) is 54.8 Å². The van der Waals surface area contributed by atoms with Crippen molar-refractivity contribution in [3.63, 3.8) is 0 Å². The van der Waals surface area contributed by atoms with E-state index in [9.17, 15) is 4.79 Å². The van der Waals surface area contributed by atoms with Crippen molar-refractivity contribution in [1.29, 1.82) is 0 Å². The van der Waals surface area contributed by atoms with Crippen molar-refractivity contribution in [2.24, 2.45) is 0 Å². The average molecular weight is 202 g/mol. The van der Waals surface area contributed by atoms with E-state index >= 15 is 0 Å². The normalized spacial score (nSPS) is 11.0. The van der Waals surface area contributed by atoms with Gasteiger partial charge in [0.1, 0.15) is 0 Å². The van der Waals surface area contributed by atoms with Crippen molar-refractivity contribution >= 4 is 5.97 Å². The minimum atomic E-state index is -0.336. The number of hydrogen-bond acceptors (Lipinski definition) is 2. The monoisotopic (exact) mass is 202 g/mol. The van der Waals surface area contributed by atoms with Crippen LogP contribution in [-0.4, -0.2) is 5.97 Å². The highest BCUT2D eigenvalue weighted by Crippen LogP contribution is 2.01. The van der Waals surface area contributed by atoms with Crippen LogP contribution in [0.1, 0.15) is 23.7 Å². The molecule has 0 aliphatic heterocycles. The maximum Gasteiger partial charge on any atom is 0.342 e. The summed E-state index contributed by atoms with van der Waals surface area (Å²) in [5, 5.41) is 0. The zero-order valence-corrected chi connectivity index (χ0v) is 8.72. The summed E-state index contributed by atoms with van der Waals surface area (Å²) in [5.74, 6) is -0.336. The highest BCUT2D eigenvalue weighted by molar-refractivity contribution is 5.89. The first-order valence-corrected chi connectivity index (χ1v) is 4.92. The second kappa shape index (κ2) is 6.60. The lowest BCUT2D eigenvalue weighted by Crippen LogP contribution is -1.99. The van der Waals surface area contributed by atoms with Crippen LogP contribution in [-0.2, 0) is 4.74 Å². The summed E-state index contributed by atoms with van der Waals surface area (Å²) >= 11 is 0. The van der Waals surface area contributed by atoms with Crippen molar-refractivity contribution in [3.8, 4) is 0 Å². The highest BCUT2D eigenvalue weighted by Gasteiger charge is 2.02. The molecular formula is C13H14O2. The molecule has 1 aromatic rings. The fourth-order valence-electron chi connectivity index (χ4n) is 1.00. The predicted molar refractivity (Wildman–Crippen MR) is 60.4 cm³/mol. The molecule has 0 amide bonds. The molecule has 0 atom stereocenters. The van der Waals surface area contributed by atoms with Crippen molar-refractivity contribution < 1.29 is 9.53 Å². The van der Waals surface area contributed by atoms with Gasteiger partial charge in [-0.15, -0.1) is 0 Å². The third-order valence-electron chi connectivity index (χ3n) is 1.75. The van der Waals surface area contributed by atoms with Crippen LogP contribution in [0.2, 0.25) is 0 Å². The van der Waals surface area contributed by atoms with Crippen LogP contribution in [0.4, 0.5) is 0 Å². The number of allylic oxidation sites excluding steroid dienone is 3. The minimum Gasteiger partial charge on any atom is -0.431 e. The molecule has 0 spiro atoms. The fraction of sp³-hybridized carbons (Fsp3) is 0.154. The lowest BCUT2D eigenvalue weighted by molar-refractivity contribution is 0.0663. The third kappa shape index (κ3) is 4.27. The molecule has 0 unspecified atom stereocenters. The van der Waals surface area contributed by atoms with Crippen molar-refractivity contribution in [2.75, 3.05) is 0 Å². The Balaban J connectivity index is 2.44. The van der Waals surface area contributed by atoms with Crippen molar-refractivity contribution in [3.05, 3.63) is 60.4 Å². The van der Waals surface area contributed by atoms with E-state index < -0.39 is 0 Å². The van der Waals surface area contributed by atoms with E-state index in [0.717, 1.165) is 6.42 Å². The summed E-state index contributed by atoms with van der Waals surface area (Å²) < 4.78 is 4.90. The van der Waals surface area contributed by atoms with Gasteiger partial charge < -0.3 is 4.74 Å². The molecule has 0 N–H and O–H groups in total. The van der Waals surface area contributed by atoms with E-state index in [2.05, 4.69) is 0 Å². The lowest BCUT2D eigenvalue weighted by atomic mass is 10.2. The van der Waals surface area contributed by atoms with E-state index in [1.54, 1.807) is 30.3 Å². The number of carbonyl (C=O) groups is 1. The Hall–Kier alpha value is -1.83. The number of hydrogen-bond donors (Lipinski definition) is 0. The molecule has 0 aliphatic carbocycles. The number of rotatable bonds is 4. The van der Waals surface area contributed by atoms with Crippen LogP contribution >= 0.6 is 0 Å². The van der Waals surface area contributed by atoms with Crippen LogP contribution in [0.25, 0.3) is 0 Å². The van der Waals surface area contributed by atoms with E-state index in [-0.39, 0.29) is 5.97 Å². The lowest BCUT2D eigenvalue weighted by Gasteiger charge is -1.97. The maximum atomic E-state index is 11.4. The quantitative estimate of drug-likeness (QED) is 0.425. The van der Waals surface area contributed by atoms with Gasteiger partial charge in [0, 0.05) is 0 Å². The summed E-state index contributed by atoms with van der Waals surface area (Å²) in [5.41, 5.74) is 0.557. The van der Waals surface area contributed by atoms with Gasteiger partial charge in [-0.3, -0.25) is 0 Å². The predicted octanol–water partition coefficient (Wildman–Crippen LogP) is 3.32. The molecule has 0 saturated heterocycles. The molecular weight excluding hydrogens is 188 g/mol. The Labute approximate surface area is 89.9 Å². The van der Waals surface area contributed by atoms with Gasteiger partial charge >= 0.3 is 5.97 Å². The van der Waals surface area contributed by atoms with Crippen molar-refractivity contribution in [2.45, 2.75) is 13.3 Å². The van der Waals surface area contributed by atoms with E-state index in [1.165, 1.54) is 6.26 Å². The van der Waals surface area contributed by atoms with Gasteiger partial charge in [-0.2, -0.15) is 0 Å². The second-order valence-electron chi connectivity index (χ2n) is 2.94. The van der Waals surface area contributed by atoms with Gasteiger partial charge in [0.25, 0.3) is 0 Å². The smallest absolute Gasteiger partial charge is 0.342 e. The molecule has 15 heavy (non-hydrogen) atoms. The van der Waals surface area contributed by atoms with Gasteiger partial charge in [0.2, 0.25) is 0 Å². The number of carbonyl (C=O) groups excluding carboxylic acids is 1. The largest absolute Gasteiger partial charge is 0.431 e. The summed E-state index contributed by atoms with van der Waals surface area (Å²) in [6.07, 6.45) is 7.88. The summed E-state index contributed by atoms with van der Waals surface area (Å²) in [6, 6.07) is 8.90. The minimum absolute atomic E-state index is 0.336. The van der Waals surface area contributed by atoms with Crippen LogP contribution < -0.4 is 0 Å². The van der Waals surface area contributed by atoms with Gasteiger partial charge in [-0.25, -0.2) is 4.79 Å². The van der Waals surface area contributed by atoms with Crippen LogP contribution in [0.5, 0.6) is 0 Å². The van der Waals surface area contributed by atoms with E-state index in [1.807, 2.05) is 25.1 Å². The summed E-state index contributed by atoms with van der Waals surface area (Å²) in [7, 11) is 0. The molecule has 1 aromatic carbocycles. The third-order valence-corrected chi connectivity index (χ3v) is 1.75. The Kier molecular flexibility index (Phi) is 4.95. The second-order valence-corrected chi connectivity index (χ2v) is 2.94. The zero-order chi connectivity index (χ0) is 10.9. The topological polar surface area (TPSA) is 26.3 Å². The number of benzene rings is 1. The molecule has 78 valence electrons. The first kappa shape index (κ1) is 11.2. The Morgan fingerprint density at radius 3 is 2.67 bits per heavy atom. The average Bonchev–Trinajstić information content (AvgIpc) is 2.30. The number of ether oxygens (including phenoxy) is 1. The SMILES string of the molecule is CC/C=C/C=C/OC(=O)c1ccccc1.